The number of carbonyl (C=O) groups is 3. The van der Waals surface area contributed by atoms with Crippen LogP contribution in [-0.2, 0) is 9.53 Å². The molecule has 1 heterocycles. The van der Waals surface area contributed by atoms with E-state index in [9.17, 15) is 14.4 Å². The number of amides is 2. The Bertz CT molecular complexity index is 909. The number of primary amides is 1. The van der Waals surface area contributed by atoms with Crippen LogP contribution in [-0.4, -0.2) is 37.1 Å². The van der Waals surface area contributed by atoms with Gasteiger partial charge in [-0.3, -0.25) is 9.59 Å². The minimum absolute atomic E-state index is 0.199. The van der Waals surface area contributed by atoms with Gasteiger partial charge in [-0.15, -0.1) is 11.3 Å². The van der Waals surface area contributed by atoms with Crippen LogP contribution in [0.2, 0.25) is 0 Å². The SMILES string of the molecule is CCOc1cc(C(=O)OC(C)C(=O)Nc2sccc2C(N)=O)ccc1OCC(C)C. The van der Waals surface area contributed by atoms with Crippen molar-refractivity contribution < 1.29 is 28.6 Å². The molecule has 0 radical (unpaired) electrons. The predicted octanol–water partition coefficient (Wildman–Crippen LogP) is 3.46. The highest BCUT2D eigenvalue weighted by Gasteiger charge is 2.22. The van der Waals surface area contributed by atoms with Crippen LogP contribution in [0.15, 0.2) is 29.6 Å². The Kier molecular flexibility index (Phi) is 8.23. The number of rotatable bonds is 10. The molecule has 30 heavy (non-hydrogen) atoms. The second kappa shape index (κ2) is 10.6. The number of thiophene rings is 1. The lowest BCUT2D eigenvalue weighted by Crippen LogP contribution is -2.30. The van der Waals surface area contributed by atoms with E-state index in [-0.39, 0.29) is 11.1 Å². The van der Waals surface area contributed by atoms with Crippen molar-refractivity contribution in [2.75, 3.05) is 18.5 Å². The lowest BCUT2D eigenvalue weighted by atomic mass is 10.2. The molecule has 0 fully saturated rings. The molecule has 0 spiro atoms. The van der Waals surface area contributed by atoms with E-state index in [2.05, 4.69) is 5.32 Å². The fourth-order valence-electron chi connectivity index (χ4n) is 2.37. The zero-order chi connectivity index (χ0) is 22.3. The van der Waals surface area contributed by atoms with Gasteiger partial charge in [-0.05, 0) is 49.4 Å². The monoisotopic (exact) mass is 434 g/mol. The zero-order valence-corrected chi connectivity index (χ0v) is 18.2. The molecule has 0 saturated carbocycles. The van der Waals surface area contributed by atoms with Crippen molar-refractivity contribution >= 4 is 34.1 Å². The van der Waals surface area contributed by atoms with E-state index in [0.717, 1.165) is 11.3 Å². The van der Waals surface area contributed by atoms with Crippen molar-refractivity contribution in [1.29, 1.82) is 0 Å². The number of anilines is 1. The van der Waals surface area contributed by atoms with Crippen LogP contribution in [0, 0.1) is 5.92 Å². The lowest BCUT2D eigenvalue weighted by Gasteiger charge is -2.16. The molecule has 1 atom stereocenters. The summed E-state index contributed by atoms with van der Waals surface area (Å²) in [5, 5.41) is 4.49. The van der Waals surface area contributed by atoms with Crippen LogP contribution >= 0.6 is 11.3 Å². The molecule has 1 aromatic heterocycles. The fourth-order valence-corrected chi connectivity index (χ4v) is 3.17. The molecule has 9 heteroatoms. The second-order valence-electron chi connectivity index (χ2n) is 6.86. The summed E-state index contributed by atoms with van der Waals surface area (Å²) in [7, 11) is 0. The van der Waals surface area contributed by atoms with Gasteiger partial charge in [0.1, 0.15) is 5.00 Å². The maximum absolute atomic E-state index is 12.5. The van der Waals surface area contributed by atoms with Crippen molar-refractivity contribution in [2.24, 2.45) is 11.7 Å². The first kappa shape index (κ1) is 23.2. The number of nitrogens with one attached hydrogen (secondary N) is 1. The molecule has 0 saturated heterocycles. The average Bonchev–Trinajstić information content (AvgIpc) is 3.15. The number of hydrogen-bond acceptors (Lipinski definition) is 7. The molecular formula is C21H26N2O6S. The molecular weight excluding hydrogens is 408 g/mol. The Labute approximate surface area is 179 Å². The van der Waals surface area contributed by atoms with Crippen molar-refractivity contribution in [2.45, 2.75) is 33.8 Å². The largest absolute Gasteiger partial charge is 0.490 e. The maximum Gasteiger partial charge on any atom is 0.339 e. The lowest BCUT2D eigenvalue weighted by molar-refractivity contribution is -0.123. The van der Waals surface area contributed by atoms with Gasteiger partial charge in [-0.25, -0.2) is 4.79 Å². The Morgan fingerprint density at radius 3 is 2.47 bits per heavy atom. The van der Waals surface area contributed by atoms with Crippen LogP contribution in [0.5, 0.6) is 11.5 Å². The Balaban J connectivity index is 2.06. The number of nitrogens with two attached hydrogens (primary N) is 1. The smallest absolute Gasteiger partial charge is 0.339 e. The van der Waals surface area contributed by atoms with Crippen LogP contribution in [0.1, 0.15) is 48.4 Å². The Morgan fingerprint density at radius 1 is 1.10 bits per heavy atom. The van der Waals surface area contributed by atoms with E-state index in [0.29, 0.717) is 35.6 Å². The molecule has 3 N–H and O–H groups in total. The third kappa shape index (κ3) is 6.21. The van der Waals surface area contributed by atoms with Gasteiger partial charge < -0.3 is 25.3 Å². The number of carbonyl (C=O) groups excluding carboxylic acids is 3. The maximum atomic E-state index is 12.5. The number of hydrogen-bond donors (Lipinski definition) is 2. The van der Waals surface area contributed by atoms with E-state index < -0.39 is 23.9 Å². The minimum atomic E-state index is -1.09. The van der Waals surface area contributed by atoms with Crippen LogP contribution < -0.4 is 20.5 Å². The second-order valence-corrected chi connectivity index (χ2v) is 7.78. The molecule has 162 valence electrons. The van der Waals surface area contributed by atoms with Gasteiger partial charge in [0.25, 0.3) is 11.8 Å². The van der Waals surface area contributed by atoms with E-state index in [1.807, 2.05) is 20.8 Å². The topological polar surface area (TPSA) is 117 Å². The third-order valence-electron chi connectivity index (χ3n) is 3.87. The highest BCUT2D eigenvalue weighted by molar-refractivity contribution is 7.14. The van der Waals surface area contributed by atoms with Crippen molar-refractivity contribution in [3.05, 3.63) is 40.8 Å². The summed E-state index contributed by atoms with van der Waals surface area (Å²) >= 11 is 1.15. The van der Waals surface area contributed by atoms with Crippen LogP contribution in [0.3, 0.4) is 0 Å². The van der Waals surface area contributed by atoms with Crippen molar-refractivity contribution in [1.82, 2.24) is 0 Å². The molecule has 8 nitrogen and oxygen atoms in total. The van der Waals surface area contributed by atoms with Gasteiger partial charge in [0.05, 0.1) is 24.3 Å². The van der Waals surface area contributed by atoms with Gasteiger partial charge in [-0.2, -0.15) is 0 Å². The zero-order valence-electron chi connectivity index (χ0n) is 17.4. The summed E-state index contributed by atoms with van der Waals surface area (Å²) < 4.78 is 16.5. The van der Waals surface area contributed by atoms with Crippen molar-refractivity contribution in [3.8, 4) is 11.5 Å². The first-order valence-corrected chi connectivity index (χ1v) is 10.4. The number of ether oxygens (including phenoxy) is 3. The minimum Gasteiger partial charge on any atom is -0.490 e. The molecule has 0 aliphatic carbocycles. The van der Waals surface area contributed by atoms with E-state index in [4.69, 9.17) is 19.9 Å². The van der Waals surface area contributed by atoms with Gasteiger partial charge >= 0.3 is 5.97 Å². The van der Waals surface area contributed by atoms with E-state index in [1.165, 1.54) is 19.1 Å². The average molecular weight is 435 g/mol. The Morgan fingerprint density at radius 2 is 1.83 bits per heavy atom. The highest BCUT2D eigenvalue weighted by Crippen LogP contribution is 2.29. The molecule has 0 aliphatic rings. The fraction of sp³-hybridized carbons (Fsp3) is 0.381. The summed E-state index contributed by atoms with van der Waals surface area (Å²) in [5.74, 6) is -0.620. The summed E-state index contributed by atoms with van der Waals surface area (Å²) in [5.41, 5.74) is 5.69. The van der Waals surface area contributed by atoms with Crippen LogP contribution in [0.4, 0.5) is 5.00 Å². The summed E-state index contributed by atoms with van der Waals surface area (Å²) in [6, 6.07) is 6.23. The third-order valence-corrected chi connectivity index (χ3v) is 4.70. The van der Waals surface area contributed by atoms with Crippen LogP contribution in [0.25, 0.3) is 0 Å². The first-order chi connectivity index (χ1) is 14.2. The number of benzene rings is 1. The summed E-state index contributed by atoms with van der Waals surface area (Å²) in [4.78, 5) is 36.2. The van der Waals surface area contributed by atoms with Gasteiger partial charge in [0, 0.05) is 0 Å². The van der Waals surface area contributed by atoms with E-state index >= 15 is 0 Å². The molecule has 2 rings (SSSR count). The van der Waals surface area contributed by atoms with Gasteiger partial charge in [0.2, 0.25) is 0 Å². The molecule has 0 aliphatic heterocycles. The standard InChI is InChI=1S/C21H26N2O6S/c1-5-27-17-10-14(6-7-16(17)28-11-12(2)3)21(26)29-13(4)19(25)23-20-15(18(22)24)8-9-30-20/h6-10,12-13H,5,11H2,1-4H3,(H2,22,24)(H,23,25). The first-order valence-electron chi connectivity index (χ1n) is 9.51. The number of esters is 1. The molecule has 1 unspecified atom stereocenters. The molecule has 1 aromatic carbocycles. The molecule has 2 amide bonds. The quantitative estimate of drug-likeness (QED) is 0.553. The normalized spacial score (nSPS) is 11.6. The van der Waals surface area contributed by atoms with Gasteiger partial charge in [-0.1, -0.05) is 13.8 Å². The van der Waals surface area contributed by atoms with E-state index in [1.54, 1.807) is 17.5 Å². The summed E-state index contributed by atoms with van der Waals surface area (Å²) in [6.07, 6.45) is -1.09. The molecule has 0 bridgehead atoms. The predicted molar refractivity (Wildman–Crippen MR) is 114 cm³/mol. The molecule has 2 aromatic rings. The summed E-state index contributed by atoms with van der Waals surface area (Å²) in [6.45, 7) is 8.24. The van der Waals surface area contributed by atoms with Gasteiger partial charge in [0.15, 0.2) is 17.6 Å². The Hall–Kier alpha value is -3.07. The highest BCUT2D eigenvalue weighted by atomic mass is 32.1. The van der Waals surface area contributed by atoms with Crippen molar-refractivity contribution in [3.63, 3.8) is 0 Å².